The molecule has 1 aliphatic carbocycles. The topological polar surface area (TPSA) is 36.7 Å². The third-order valence-electron chi connectivity index (χ3n) is 2.41. The van der Waals surface area contributed by atoms with E-state index in [0.29, 0.717) is 5.69 Å². The molecule has 1 aliphatic rings. The first-order valence-electron chi connectivity index (χ1n) is 4.97. The van der Waals surface area contributed by atoms with Gasteiger partial charge in [0.15, 0.2) is 0 Å². The molecule has 0 amide bonds. The summed E-state index contributed by atoms with van der Waals surface area (Å²) in [4.78, 5) is 4.07. The molecule has 2 nitrogen and oxygen atoms in total. The summed E-state index contributed by atoms with van der Waals surface area (Å²) in [6.07, 6.45) is 8.10. The Labute approximate surface area is 93.7 Å². The smallest absolute Gasteiger partial charge is 0.144 e. The molecule has 0 bridgehead atoms. The molecule has 79 valence electrons. The quantitative estimate of drug-likeness (QED) is 0.719. The first kappa shape index (κ1) is 10.6. The lowest BCUT2D eigenvalue weighted by Gasteiger charge is -2.10. The summed E-state index contributed by atoms with van der Waals surface area (Å²) in [6, 6.07) is 3.05. The third kappa shape index (κ3) is 2.01. The predicted molar refractivity (Wildman–Crippen MR) is 59.6 cm³/mol. The molecule has 0 aromatic carbocycles. The van der Waals surface area contributed by atoms with Gasteiger partial charge in [0.2, 0.25) is 0 Å². The molecule has 0 aliphatic heterocycles. The summed E-state index contributed by atoms with van der Waals surface area (Å²) in [5, 5.41) is 8.60. The van der Waals surface area contributed by atoms with Crippen LogP contribution in [0.25, 0.3) is 5.57 Å². The minimum atomic E-state index is -0.523. The predicted octanol–water partition coefficient (Wildman–Crippen LogP) is 3.03. The number of hydrogen-bond donors (Lipinski definition) is 0. The van der Waals surface area contributed by atoms with E-state index in [4.69, 9.17) is 5.26 Å². The highest BCUT2D eigenvalue weighted by molar-refractivity contribution is 5.74. The van der Waals surface area contributed by atoms with E-state index in [-0.39, 0.29) is 5.56 Å². The minimum absolute atomic E-state index is 0.0233. The molecule has 1 aromatic heterocycles. The van der Waals surface area contributed by atoms with Crippen LogP contribution in [0.4, 0.5) is 4.39 Å². The van der Waals surface area contributed by atoms with Crippen LogP contribution in [0.2, 0.25) is 0 Å². The van der Waals surface area contributed by atoms with Gasteiger partial charge in [0.25, 0.3) is 0 Å². The van der Waals surface area contributed by atoms with Crippen molar-refractivity contribution in [1.82, 2.24) is 4.98 Å². The van der Waals surface area contributed by atoms with Crippen molar-refractivity contribution >= 4 is 5.57 Å². The Morgan fingerprint density at radius 3 is 2.94 bits per heavy atom. The fourth-order valence-corrected chi connectivity index (χ4v) is 1.57. The number of aromatic nitrogens is 1. The molecule has 0 unspecified atom stereocenters. The average Bonchev–Trinajstić information content (AvgIpc) is 2.29. The van der Waals surface area contributed by atoms with Gasteiger partial charge in [-0.3, -0.25) is 4.98 Å². The summed E-state index contributed by atoms with van der Waals surface area (Å²) in [5.74, 6) is -0.523. The lowest BCUT2D eigenvalue weighted by molar-refractivity contribution is 0.621. The van der Waals surface area contributed by atoms with Gasteiger partial charge < -0.3 is 0 Å². The zero-order valence-electron chi connectivity index (χ0n) is 8.87. The van der Waals surface area contributed by atoms with E-state index in [1.54, 1.807) is 6.07 Å². The molecular weight excluding hydrogens is 203 g/mol. The van der Waals surface area contributed by atoms with E-state index in [9.17, 15) is 4.39 Å². The van der Waals surface area contributed by atoms with Crippen molar-refractivity contribution in [2.45, 2.75) is 13.3 Å². The van der Waals surface area contributed by atoms with Gasteiger partial charge in [0, 0.05) is 12.3 Å². The van der Waals surface area contributed by atoms with Gasteiger partial charge in [0.1, 0.15) is 17.4 Å². The second-order valence-corrected chi connectivity index (χ2v) is 3.71. The largest absolute Gasteiger partial charge is 0.255 e. The van der Waals surface area contributed by atoms with Crippen LogP contribution < -0.4 is 0 Å². The normalized spacial score (nSPS) is 15.1. The van der Waals surface area contributed by atoms with E-state index in [1.165, 1.54) is 17.8 Å². The number of nitriles is 1. The van der Waals surface area contributed by atoms with Crippen LogP contribution in [-0.2, 0) is 0 Å². The van der Waals surface area contributed by atoms with Gasteiger partial charge in [-0.05, 0) is 25.3 Å². The zero-order chi connectivity index (χ0) is 11.5. The van der Waals surface area contributed by atoms with E-state index in [1.807, 2.05) is 25.5 Å². The molecule has 1 heterocycles. The van der Waals surface area contributed by atoms with Gasteiger partial charge in [-0.25, -0.2) is 4.39 Å². The van der Waals surface area contributed by atoms with Gasteiger partial charge in [-0.2, -0.15) is 5.26 Å². The van der Waals surface area contributed by atoms with Crippen LogP contribution in [0.5, 0.6) is 0 Å². The first-order chi connectivity index (χ1) is 7.70. The fourth-order valence-electron chi connectivity index (χ4n) is 1.57. The molecule has 0 fully saturated rings. The maximum atomic E-state index is 13.4. The summed E-state index contributed by atoms with van der Waals surface area (Å²) in [7, 11) is 0. The average molecular weight is 213 g/mol. The minimum Gasteiger partial charge on any atom is -0.255 e. The van der Waals surface area contributed by atoms with Crippen molar-refractivity contribution in [2.75, 3.05) is 0 Å². The number of pyridine rings is 1. The Morgan fingerprint density at radius 2 is 2.31 bits per heavy atom. The molecule has 1 aromatic rings. The van der Waals surface area contributed by atoms with E-state index >= 15 is 0 Å². The van der Waals surface area contributed by atoms with Gasteiger partial charge in [-0.1, -0.05) is 17.7 Å². The van der Waals surface area contributed by atoms with Crippen molar-refractivity contribution in [3.8, 4) is 6.07 Å². The Bertz CT molecular complexity index is 521. The number of rotatable bonds is 1. The highest BCUT2D eigenvalue weighted by atomic mass is 19.1. The molecule has 0 N–H and O–H groups in total. The molecule has 3 heteroatoms. The van der Waals surface area contributed by atoms with Crippen LogP contribution in [0.3, 0.4) is 0 Å². The molecule has 16 heavy (non-hydrogen) atoms. The standard InChI is InChI=1S/C13H10FN2/c1-9-3-2-4-10(5-9)13-6-12(14)11(7-15)8-16-13/h2,4-6,8H,3H2,1H3. The van der Waals surface area contributed by atoms with Crippen LogP contribution in [-0.4, -0.2) is 4.98 Å². The highest BCUT2D eigenvalue weighted by Crippen LogP contribution is 2.23. The molecule has 0 spiro atoms. The van der Waals surface area contributed by atoms with Crippen LogP contribution in [0, 0.1) is 23.6 Å². The molecule has 0 saturated carbocycles. The second kappa shape index (κ2) is 4.28. The number of allylic oxidation sites excluding steroid dienone is 4. The van der Waals surface area contributed by atoms with Crippen LogP contribution >= 0.6 is 0 Å². The van der Waals surface area contributed by atoms with Crippen LogP contribution in [0.15, 0.2) is 30.0 Å². The maximum Gasteiger partial charge on any atom is 0.144 e. The summed E-state index contributed by atoms with van der Waals surface area (Å²) in [5.41, 5.74) is 2.63. The van der Waals surface area contributed by atoms with E-state index in [0.717, 1.165) is 12.0 Å². The van der Waals surface area contributed by atoms with Crippen molar-refractivity contribution in [1.29, 1.82) is 5.26 Å². The van der Waals surface area contributed by atoms with E-state index < -0.39 is 5.82 Å². The molecule has 0 atom stereocenters. The zero-order valence-corrected chi connectivity index (χ0v) is 8.87. The Kier molecular flexibility index (Phi) is 2.82. The third-order valence-corrected chi connectivity index (χ3v) is 2.41. The van der Waals surface area contributed by atoms with Crippen molar-refractivity contribution in [3.05, 3.63) is 53.5 Å². The summed E-state index contributed by atoms with van der Waals surface area (Å²) < 4.78 is 13.4. The monoisotopic (exact) mass is 213 g/mol. The number of hydrogen-bond acceptors (Lipinski definition) is 2. The summed E-state index contributed by atoms with van der Waals surface area (Å²) in [6.45, 7) is 2.02. The lowest BCUT2D eigenvalue weighted by atomic mass is 9.98. The lowest BCUT2D eigenvalue weighted by Crippen LogP contribution is -1.96. The SMILES string of the molecule is CC1=CC(c2cc(F)c(C#N)cn2)=C[CH]C1. The molecule has 0 saturated heterocycles. The van der Waals surface area contributed by atoms with Crippen molar-refractivity contribution in [2.24, 2.45) is 0 Å². The molecular formula is C13H10FN2. The second-order valence-electron chi connectivity index (χ2n) is 3.71. The molecule has 1 radical (unpaired) electrons. The van der Waals surface area contributed by atoms with Gasteiger partial charge in [-0.15, -0.1) is 0 Å². The molecule has 2 rings (SSSR count). The van der Waals surface area contributed by atoms with E-state index in [2.05, 4.69) is 4.98 Å². The number of halogens is 1. The van der Waals surface area contributed by atoms with Crippen molar-refractivity contribution in [3.63, 3.8) is 0 Å². The maximum absolute atomic E-state index is 13.4. The van der Waals surface area contributed by atoms with Gasteiger partial charge in [0.05, 0.1) is 5.69 Å². The van der Waals surface area contributed by atoms with Crippen molar-refractivity contribution < 1.29 is 4.39 Å². The first-order valence-corrected chi connectivity index (χ1v) is 4.97. The summed E-state index contributed by atoms with van der Waals surface area (Å²) >= 11 is 0. The Balaban J connectivity index is 2.40. The Hall–Kier alpha value is -1.95. The highest BCUT2D eigenvalue weighted by Gasteiger charge is 2.09. The van der Waals surface area contributed by atoms with Crippen LogP contribution in [0.1, 0.15) is 24.6 Å². The fraction of sp³-hybridized carbons (Fsp3) is 0.154. The number of nitrogens with zero attached hydrogens (tertiary/aromatic N) is 2. The van der Waals surface area contributed by atoms with Gasteiger partial charge >= 0.3 is 0 Å². The Morgan fingerprint density at radius 1 is 1.50 bits per heavy atom.